The lowest BCUT2D eigenvalue weighted by Crippen LogP contribution is -2.09. The van der Waals surface area contributed by atoms with E-state index in [-0.39, 0.29) is 12.2 Å². The van der Waals surface area contributed by atoms with E-state index in [1.54, 1.807) is 19.9 Å². The minimum Gasteiger partial charge on any atom is -0.499 e. The number of nitriles is 1. The molecule has 0 amide bonds. The molecule has 0 saturated heterocycles. The highest BCUT2D eigenvalue weighted by Gasteiger charge is 2.15. The summed E-state index contributed by atoms with van der Waals surface area (Å²) in [6, 6.07) is 1.77. The number of esters is 1. The second-order valence-corrected chi connectivity index (χ2v) is 2.19. The third kappa shape index (κ3) is 3.16. The van der Waals surface area contributed by atoms with Crippen molar-refractivity contribution < 1.29 is 14.3 Å². The average molecular weight is 183 g/mol. The van der Waals surface area contributed by atoms with Crippen LogP contribution < -0.4 is 0 Å². The monoisotopic (exact) mass is 183 g/mol. The van der Waals surface area contributed by atoms with E-state index in [4.69, 9.17) is 10.00 Å². The lowest BCUT2D eigenvalue weighted by molar-refractivity contribution is -0.138. The summed E-state index contributed by atoms with van der Waals surface area (Å²) in [5, 5.41) is 8.67. The number of carbonyl (C=O) groups is 1. The first kappa shape index (κ1) is 11.5. The molecule has 4 heteroatoms. The molecule has 4 nitrogen and oxygen atoms in total. The van der Waals surface area contributed by atoms with Gasteiger partial charge in [-0.05, 0) is 6.92 Å². The van der Waals surface area contributed by atoms with Gasteiger partial charge in [0.2, 0.25) is 0 Å². The molecule has 0 heterocycles. The Hall–Kier alpha value is -1.50. The van der Waals surface area contributed by atoms with Crippen molar-refractivity contribution in [3.8, 4) is 6.07 Å². The molecule has 0 aliphatic rings. The Bertz CT molecular complexity index is 244. The van der Waals surface area contributed by atoms with Crippen LogP contribution in [0.15, 0.2) is 11.3 Å². The van der Waals surface area contributed by atoms with Crippen LogP contribution in [0.3, 0.4) is 0 Å². The molecule has 72 valence electrons. The summed E-state index contributed by atoms with van der Waals surface area (Å²) in [4.78, 5) is 11.2. The van der Waals surface area contributed by atoms with Crippen LogP contribution >= 0.6 is 0 Å². The fourth-order valence-corrected chi connectivity index (χ4v) is 0.848. The Morgan fingerprint density at radius 2 is 2.08 bits per heavy atom. The Kier molecular flexibility index (Phi) is 5.37. The van der Waals surface area contributed by atoms with Crippen molar-refractivity contribution in [3.63, 3.8) is 0 Å². The van der Waals surface area contributed by atoms with E-state index in [1.165, 1.54) is 7.11 Å². The summed E-state index contributed by atoms with van der Waals surface area (Å²) in [6.45, 7) is 3.74. The van der Waals surface area contributed by atoms with Gasteiger partial charge in [0.1, 0.15) is 11.8 Å². The molecule has 0 unspecified atom stereocenters. The highest BCUT2D eigenvalue weighted by atomic mass is 16.5. The highest BCUT2D eigenvalue weighted by Crippen LogP contribution is 2.10. The first-order chi connectivity index (χ1) is 6.21. The summed E-state index contributed by atoms with van der Waals surface area (Å²) in [6.07, 6.45) is 0.498. The van der Waals surface area contributed by atoms with E-state index in [1.807, 2.05) is 0 Å². The van der Waals surface area contributed by atoms with Crippen LogP contribution in [0.4, 0.5) is 0 Å². The Morgan fingerprint density at radius 3 is 2.38 bits per heavy atom. The van der Waals surface area contributed by atoms with E-state index in [0.29, 0.717) is 12.2 Å². The SMILES string of the molecule is CCOC(=O)/C(C#N)=C(\CC)OC. The van der Waals surface area contributed by atoms with Crippen molar-refractivity contribution in [3.05, 3.63) is 11.3 Å². The predicted molar refractivity (Wildman–Crippen MR) is 46.6 cm³/mol. The van der Waals surface area contributed by atoms with E-state index in [2.05, 4.69) is 4.74 Å². The molecule has 0 N–H and O–H groups in total. The Morgan fingerprint density at radius 1 is 1.46 bits per heavy atom. The molecular weight excluding hydrogens is 170 g/mol. The van der Waals surface area contributed by atoms with Crippen LogP contribution in [0.25, 0.3) is 0 Å². The number of ether oxygens (including phenoxy) is 2. The van der Waals surface area contributed by atoms with Crippen molar-refractivity contribution in [2.75, 3.05) is 13.7 Å². The fraction of sp³-hybridized carbons (Fsp3) is 0.556. The maximum absolute atomic E-state index is 11.2. The Balaban J connectivity index is 4.77. The highest BCUT2D eigenvalue weighted by molar-refractivity contribution is 5.93. The van der Waals surface area contributed by atoms with Crippen LogP contribution in [-0.4, -0.2) is 19.7 Å². The number of rotatable bonds is 4. The van der Waals surface area contributed by atoms with Gasteiger partial charge in [0, 0.05) is 6.42 Å². The number of allylic oxidation sites excluding steroid dienone is 1. The molecule has 0 radical (unpaired) electrons. The molecular formula is C9H13NO3. The number of carbonyl (C=O) groups excluding carboxylic acids is 1. The van der Waals surface area contributed by atoms with Crippen LogP contribution in [0.5, 0.6) is 0 Å². The average Bonchev–Trinajstić information content (AvgIpc) is 2.14. The zero-order chi connectivity index (χ0) is 10.3. The van der Waals surface area contributed by atoms with E-state index >= 15 is 0 Å². The van der Waals surface area contributed by atoms with Crippen molar-refractivity contribution in [2.45, 2.75) is 20.3 Å². The van der Waals surface area contributed by atoms with Gasteiger partial charge >= 0.3 is 5.97 Å². The van der Waals surface area contributed by atoms with E-state index in [9.17, 15) is 4.79 Å². The van der Waals surface area contributed by atoms with Crippen LogP contribution in [0.2, 0.25) is 0 Å². The van der Waals surface area contributed by atoms with Gasteiger partial charge in [0.05, 0.1) is 13.7 Å². The molecule has 0 saturated carbocycles. The first-order valence-electron chi connectivity index (χ1n) is 4.05. The Labute approximate surface area is 77.8 Å². The zero-order valence-corrected chi connectivity index (χ0v) is 8.09. The van der Waals surface area contributed by atoms with Crippen molar-refractivity contribution in [1.29, 1.82) is 5.26 Å². The molecule has 0 aromatic rings. The summed E-state index contributed by atoms with van der Waals surface area (Å²) in [5.41, 5.74) is -0.0492. The molecule has 0 rings (SSSR count). The largest absolute Gasteiger partial charge is 0.499 e. The summed E-state index contributed by atoms with van der Waals surface area (Å²) >= 11 is 0. The molecule has 0 bridgehead atoms. The van der Waals surface area contributed by atoms with E-state index < -0.39 is 5.97 Å². The van der Waals surface area contributed by atoms with Gasteiger partial charge in [-0.15, -0.1) is 0 Å². The smallest absolute Gasteiger partial charge is 0.352 e. The first-order valence-corrected chi connectivity index (χ1v) is 4.05. The summed E-state index contributed by atoms with van der Waals surface area (Å²) in [5.74, 6) is -0.260. The van der Waals surface area contributed by atoms with Gasteiger partial charge in [-0.25, -0.2) is 4.79 Å². The molecule has 0 aromatic carbocycles. The standard InChI is InChI=1S/C9H13NO3/c1-4-8(12-3)7(6-10)9(11)13-5-2/h4-5H2,1-3H3/b8-7+. The molecule has 0 aromatic heterocycles. The zero-order valence-electron chi connectivity index (χ0n) is 8.09. The quantitative estimate of drug-likeness (QED) is 0.286. The number of nitrogens with zero attached hydrogens (tertiary/aromatic N) is 1. The van der Waals surface area contributed by atoms with E-state index in [0.717, 1.165) is 0 Å². The molecule has 0 atom stereocenters. The van der Waals surface area contributed by atoms with Crippen LogP contribution in [0, 0.1) is 11.3 Å². The minimum atomic E-state index is -0.622. The summed E-state index contributed by atoms with van der Waals surface area (Å²) in [7, 11) is 1.43. The normalized spacial score (nSPS) is 11.2. The van der Waals surface area contributed by atoms with Gasteiger partial charge in [-0.2, -0.15) is 5.26 Å². The lowest BCUT2D eigenvalue weighted by Gasteiger charge is -2.05. The van der Waals surface area contributed by atoms with Gasteiger partial charge in [0.25, 0.3) is 0 Å². The maximum Gasteiger partial charge on any atom is 0.352 e. The summed E-state index contributed by atoms with van der Waals surface area (Å²) < 4.78 is 9.56. The molecule has 0 aliphatic carbocycles. The predicted octanol–water partition coefficient (Wildman–Crippen LogP) is 1.38. The molecule has 0 fully saturated rings. The number of hydrogen-bond acceptors (Lipinski definition) is 4. The number of hydrogen-bond donors (Lipinski definition) is 0. The molecule has 0 aliphatic heterocycles. The molecule has 0 spiro atoms. The van der Waals surface area contributed by atoms with Crippen LogP contribution in [-0.2, 0) is 14.3 Å². The fourth-order valence-electron chi connectivity index (χ4n) is 0.848. The van der Waals surface area contributed by atoms with Crippen molar-refractivity contribution >= 4 is 5.97 Å². The second kappa shape index (κ2) is 6.06. The van der Waals surface area contributed by atoms with Gasteiger partial charge < -0.3 is 9.47 Å². The van der Waals surface area contributed by atoms with Gasteiger partial charge in [-0.3, -0.25) is 0 Å². The third-order valence-electron chi connectivity index (χ3n) is 1.44. The van der Waals surface area contributed by atoms with Gasteiger partial charge in [0.15, 0.2) is 5.57 Å². The third-order valence-corrected chi connectivity index (χ3v) is 1.44. The molecule has 13 heavy (non-hydrogen) atoms. The van der Waals surface area contributed by atoms with Gasteiger partial charge in [-0.1, -0.05) is 6.92 Å². The minimum absolute atomic E-state index is 0.0492. The topological polar surface area (TPSA) is 59.3 Å². The maximum atomic E-state index is 11.2. The lowest BCUT2D eigenvalue weighted by atomic mass is 10.2. The second-order valence-electron chi connectivity index (χ2n) is 2.19. The van der Waals surface area contributed by atoms with Crippen molar-refractivity contribution in [1.82, 2.24) is 0 Å². The number of methoxy groups -OCH3 is 1. The van der Waals surface area contributed by atoms with Crippen molar-refractivity contribution in [2.24, 2.45) is 0 Å². The van der Waals surface area contributed by atoms with Crippen LogP contribution in [0.1, 0.15) is 20.3 Å².